The number of aliphatic hydroxyl groups excluding tert-OH is 1. The van der Waals surface area contributed by atoms with Crippen LogP contribution in [0.5, 0.6) is 0 Å². The SMILES string of the molecule is Cc1cc(N)c(C)c(S(=O)(=O)N2CCC(CCO)C2)c1C. The van der Waals surface area contributed by atoms with Crippen LogP contribution in [0.2, 0.25) is 0 Å². The minimum absolute atomic E-state index is 0.105. The summed E-state index contributed by atoms with van der Waals surface area (Å²) >= 11 is 0. The first-order valence-electron chi connectivity index (χ1n) is 7.26. The fourth-order valence-corrected chi connectivity index (χ4v) is 5.05. The Morgan fingerprint density at radius 3 is 2.62 bits per heavy atom. The molecule has 0 aliphatic carbocycles. The monoisotopic (exact) mass is 312 g/mol. The van der Waals surface area contributed by atoms with Gasteiger partial charge in [0.1, 0.15) is 0 Å². The zero-order chi connectivity index (χ0) is 15.8. The molecule has 1 aliphatic heterocycles. The molecule has 1 atom stereocenters. The van der Waals surface area contributed by atoms with E-state index in [4.69, 9.17) is 10.8 Å². The van der Waals surface area contributed by atoms with Gasteiger partial charge in [0.05, 0.1) is 4.90 Å². The number of aryl methyl sites for hydroxylation is 1. The molecule has 3 N–H and O–H groups in total. The average molecular weight is 312 g/mol. The standard InChI is InChI=1S/C15H24N2O3S/c1-10-8-14(16)12(3)15(11(10)2)21(19,20)17-6-4-13(9-17)5-7-18/h8,13,18H,4-7,9,16H2,1-3H3. The Morgan fingerprint density at radius 1 is 1.33 bits per heavy atom. The second-order valence-electron chi connectivity index (χ2n) is 5.89. The summed E-state index contributed by atoms with van der Waals surface area (Å²) in [5, 5.41) is 9.01. The molecule has 1 aromatic rings. The summed E-state index contributed by atoms with van der Waals surface area (Å²) in [6.45, 7) is 6.57. The summed E-state index contributed by atoms with van der Waals surface area (Å²) in [5.74, 6) is 0.243. The van der Waals surface area contributed by atoms with Crippen LogP contribution >= 0.6 is 0 Å². The first kappa shape index (κ1) is 16.3. The van der Waals surface area contributed by atoms with Crippen LogP contribution in [0.3, 0.4) is 0 Å². The Balaban J connectivity index is 2.42. The van der Waals surface area contributed by atoms with Crippen molar-refractivity contribution >= 4 is 15.7 Å². The van der Waals surface area contributed by atoms with Crippen LogP contribution in [0, 0.1) is 26.7 Å². The molecule has 6 heteroatoms. The van der Waals surface area contributed by atoms with Gasteiger partial charge in [0.2, 0.25) is 10.0 Å². The van der Waals surface area contributed by atoms with Crippen LogP contribution in [0.25, 0.3) is 0 Å². The fraction of sp³-hybridized carbons (Fsp3) is 0.600. The molecule has 1 aromatic carbocycles. The maximum absolute atomic E-state index is 12.9. The molecule has 118 valence electrons. The highest BCUT2D eigenvalue weighted by Crippen LogP contribution is 2.33. The molecule has 0 amide bonds. The molecular formula is C15H24N2O3S. The van der Waals surface area contributed by atoms with Crippen LogP contribution in [-0.4, -0.2) is 37.5 Å². The van der Waals surface area contributed by atoms with E-state index < -0.39 is 10.0 Å². The van der Waals surface area contributed by atoms with Crippen molar-refractivity contribution in [3.05, 3.63) is 22.8 Å². The predicted octanol–water partition coefficient (Wildman–Crippen LogP) is 1.59. The molecule has 0 bridgehead atoms. The van der Waals surface area contributed by atoms with E-state index in [0.29, 0.717) is 35.7 Å². The molecule has 1 fully saturated rings. The lowest BCUT2D eigenvalue weighted by molar-refractivity contribution is 0.259. The van der Waals surface area contributed by atoms with Gasteiger partial charge in [-0.25, -0.2) is 8.42 Å². The van der Waals surface area contributed by atoms with E-state index in [1.165, 1.54) is 4.31 Å². The number of hydrogen-bond donors (Lipinski definition) is 2. The Hall–Kier alpha value is -1.11. The maximum Gasteiger partial charge on any atom is 0.243 e. The molecule has 0 saturated carbocycles. The molecule has 0 radical (unpaired) electrons. The summed E-state index contributed by atoms with van der Waals surface area (Å²) < 4.78 is 27.4. The van der Waals surface area contributed by atoms with Crippen molar-refractivity contribution in [2.24, 2.45) is 5.92 Å². The summed E-state index contributed by atoms with van der Waals surface area (Å²) in [6, 6.07) is 1.82. The summed E-state index contributed by atoms with van der Waals surface area (Å²) in [4.78, 5) is 0.352. The van der Waals surface area contributed by atoms with Crippen LogP contribution in [0.1, 0.15) is 29.5 Å². The quantitative estimate of drug-likeness (QED) is 0.827. The second kappa shape index (κ2) is 5.94. The Kier molecular flexibility index (Phi) is 4.60. The number of sulfonamides is 1. The van der Waals surface area contributed by atoms with Crippen molar-refractivity contribution in [3.63, 3.8) is 0 Å². The number of nitrogen functional groups attached to an aromatic ring is 1. The molecule has 1 unspecified atom stereocenters. The third kappa shape index (κ3) is 2.93. The van der Waals surface area contributed by atoms with Gasteiger partial charge in [-0.2, -0.15) is 4.31 Å². The van der Waals surface area contributed by atoms with E-state index in [1.54, 1.807) is 6.92 Å². The minimum Gasteiger partial charge on any atom is -0.398 e. The predicted molar refractivity (Wildman–Crippen MR) is 83.6 cm³/mol. The normalized spacial score (nSPS) is 20.1. The van der Waals surface area contributed by atoms with Crippen LogP contribution in [0.15, 0.2) is 11.0 Å². The van der Waals surface area contributed by atoms with Crippen molar-refractivity contribution in [3.8, 4) is 0 Å². The van der Waals surface area contributed by atoms with Gasteiger partial charge < -0.3 is 10.8 Å². The third-order valence-electron chi connectivity index (χ3n) is 4.46. The van der Waals surface area contributed by atoms with Gasteiger partial charge >= 0.3 is 0 Å². The Morgan fingerprint density at radius 2 is 2.00 bits per heavy atom. The van der Waals surface area contributed by atoms with Gasteiger partial charge in [0, 0.05) is 25.4 Å². The van der Waals surface area contributed by atoms with Crippen LogP contribution in [0.4, 0.5) is 5.69 Å². The first-order valence-corrected chi connectivity index (χ1v) is 8.70. The number of anilines is 1. The highest BCUT2D eigenvalue weighted by Gasteiger charge is 2.34. The van der Waals surface area contributed by atoms with E-state index >= 15 is 0 Å². The van der Waals surface area contributed by atoms with Gasteiger partial charge in [0.25, 0.3) is 0 Å². The number of hydrogen-bond acceptors (Lipinski definition) is 4. The van der Waals surface area contributed by atoms with Gasteiger partial charge in [-0.1, -0.05) is 0 Å². The van der Waals surface area contributed by atoms with E-state index in [9.17, 15) is 8.42 Å². The number of aliphatic hydroxyl groups is 1. The summed E-state index contributed by atoms with van der Waals surface area (Å²) in [7, 11) is -3.52. The van der Waals surface area contributed by atoms with E-state index in [2.05, 4.69) is 0 Å². The number of nitrogens with two attached hydrogens (primary N) is 1. The lowest BCUT2D eigenvalue weighted by Crippen LogP contribution is -2.30. The lowest BCUT2D eigenvalue weighted by Gasteiger charge is -2.21. The van der Waals surface area contributed by atoms with Gasteiger partial charge in [0.15, 0.2) is 0 Å². The van der Waals surface area contributed by atoms with E-state index in [-0.39, 0.29) is 12.5 Å². The first-order chi connectivity index (χ1) is 9.78. The molecule has 1 saturated heterocycles. The molecular weight excluding hydrogens is 288 g/mol. The average Bonchev–Trinajstić information content (AvgIpc) is 2.86. The Labute approximate surface area is 126 Å². The van der Waals surface area contributed by atoms with E-state index in [1.807, 2.05) is 19.9 Å². The number of nitrogens with zero attached hydrogens (tertiary/aromatic N) is 1. The van der Waals surface area contributed by atoms with Gasteiger partial charge in [-0.05, 0) is 62.3 Å². The zero-order valence-electron chi connectivity index (χ0n) is 12.9. The molecule has 1 heterocycles. The second-order valence-corrected chi connectivity index (χ2v) is 7.77. The van der Waals surface area contributed by atoms with Gasteiger partial charge in [-0.3, -0.25) is 0 Å². The zero-order valence-corrected chi connectivity index (χ0v) is 13.7. The number of rotatable bonds is 4. The van der Waals surface area contributed by atoms with Gasteiger partial charge in [-0.15, -0.1) is 0 Å². The Bertz CT molecular complexity index is 615. The van der Waals surface area contributed by atoms with Crippen molar-refractivity contribution in [1.29, 1.82) is 0 Å². The molecule has 21 heavy (non-hydrogen) atoms. The van der Waals surface area contributed by atoms with Crippen LogP contribution < -0.4 is 5.73 Å². The minimum atomic E-state index is -3.52. The third-order valence-corrected chi connectivity index (χ3v) is 6.60. The highest BCUT2D eigenvalue weighted by atomic mass is 32.2. The van der Waals surface area contributed by atoms with Crippen LogP contribution in [-0.2, 0) is 10.0 Å². The number of benzene rings is 1. The van der Waals surface area contributed by atoms with Crippen molar-refractivity contribution in [1.82, 2.24) is 4.31 Å². The molecule has 0 aromatic heterocycles. The van der Waals surface area contributed by atoms with E-state index in [0.717, 1.165) is 17.5 Å². The highest BCUT2D eigenvalue weighted by molar-refractivity contribution is 7.89. The molecule has 1 aliphatic rings. The largest absolute Gasteiger partial charge is 0.398 e. The smallest absolute Gasteiger partial charge is 0.243 e. The van der Waals surface area contributed by atoms with Crippen molar-refractivity contribution in [2.45, 2.75) is 38.5 Å². The van der Waals surface area contributed by atoms with Crippen molar-refractivity contribution in [2.75, 3.05) is 25.4 Å². The summed E-state index contributed by atoms with van der Waals surface area (Å²) in [6.07, 6.45) is 1.46. The fourth-order valence-electron chi connectivity index (χ4n) is 2.99. The maximum atomic E-state index is 12.9. The lowest BCUT2D eigenvalue weighted by atomic mass is 10.1. The topological polar surface area (TPSA) is 83.6 Å². The molecule has 2 rings (SSSR count). The molecule has 0 spiro atoms. The van der Waals surface area contributed by atoms with Crippen molar-refractivity contribution < 1.29 is 13.5 Å². The molecule has 5 nitrogen and oxygen atoms in total. The summed E-state index contributed by atoms with van der Waals surface area (Å²) in [5.41, 5.74) is 8.75.